The molecule has 0 unspecified atom stereocenters. The molecule has 32 heavy (non-hydrogen) atoms. The number of nitrogens with one attached hydrogen (secondary N) is 2. The highest BCUT2D eigenvalue weighted by Crippen LogP contribution is 2.46. The van der Waals surface area contributed by atoms with Crippen molar-refractivity contribution in [1.29, 1.82) is 0 Å². The van der Waals surface area contributed by atoms with E-state index in [4.69, 9.17) is 16.6 Å². The molecule has 172 valence electrons. The summed E-state index contributed by atoms with van der Waals surface area (Å²) in [5, 5.41) is 8.36. The Bertz CT molecular complexity index is 948. The van der Waals surface area contributed by atoms with Crippen LogP contribution in [-0.4, -0.2) is 62.5 Å². The third-order valence-electron chi connectivity index (χ3n) is 6.84. The normalized spacial score (nSPS) is 20.3. The molecule has 1 aliphatic carbocycles. The summed E-state index contributed by atoms with van der Waals surface area (Å²) in [6, 6.07) is 16.4. The van der Waals surface area contributed by atoms with Gasteiger partial charge in [0.15, 0.2) is 0 Å². The second-order valence-corrected chi connectivity index (χ2v) is 10.5. The standard InChI is InChI=1S/C26H36ClN5/c1-31(2)18-25(19-32(3)4)13-15-26(16-14-25)24(28-17-20-9-5-6-10-21(20)27)29-22-11-7-8-12-23(22)30-26/h5-12,30H,13-19H2,1-4H3,(H,28,29). The van der Waals surface area contributed by atoms with Crippen molar-refractivity contribution < 1.29 is 0 Å². The fourth-order valence-electron chi connectivity index (χ4n) is 5.52. The number of hydrogen-bond acceptors (Lipinski definition) is 4. The van der Waals surface area contributed by atoms with Crippen molar-refractivity contribution in [3.63, 3.8) is 0 Å². The summed E-state index contributed by atoms with van der Waals surface area (Å²) >= 11 is 6.42. The van der Waals surface area contributed by atoms with Crippen LogP contribution in [0.2, 0.25) is 5.02 Å². The molecule has 1 aliphatic heterocycles. The van der Waals surface area contributed by atoms with Crippen molar-refractivity contribution in [2.75, 3.05) is 51.9 Å². The minimum absolute atomic E-state index is 0.169. The summed E-state index contributed by atoms with van der Waals surface area (Å²) in [5.41, 5.74) is 3.44. The highest BCUT2D eigenvalue weighted by molar-refractivity contribution is 6.31. The van der Waals surface area contributed by atoms with Crippen LogP contribution < -0.4 is 10.6 Å². The highest BCUT2D eigenvalue weighted by atomic mass is 35.5. The number of aliphatic imine (C=N–C) groups is 1. The zero-order valence-electron chi connectivity index (χ0n) is 19.8. The molecule has 0 saturated heterocycles. The van der Waals surface area contributed by atoms with Crippen LogP contribution >= 0.6 is 11.6 Å². The van der Waals surface area contributed by atoms with Gasteiger partial charge < -0.3 is 20.4 Å². The van der Waals surface area contributed by atoms with Gasteiger partial charge in [0.25, 0.3) is 0 Å². The van der Waals surface area contributed by atoms with Gasteiger partial charge in [0, 0.05) is 18.1 Å². The molecule has 2 aromatic rings. The van der Waals surface area contributed by atoms with Gasteiger partial charge in [-0.3, -0.25) is 4.99 Å². The van der Waals surface area contributed by atoms with Crippen molar-refractivity contribution in [1.82, 2.24) is 9.80 Å². The number of para-hydroxylation sites is 2. The third-order valence-corrected chi connectivity index (χ3v) is 7.21. The van der Waals surface area contributed by atoms with E-state index >= 15 is 0 Å². The minimum atomic E-state index is -0.169. The van der Waals surface area contributed by atoms with Crippen molar-refractivity contribution in [3.8, 4) is 0 Å². The molecule has 0 amide bonds. The van der Waals surface area contributed by atoms with Crippen LogP contribution in [0.3, 0.4) is 0 Å². The van der Waals surface area contributed by atoms with E-state index in [1.165, 1.54) is 0 Å². The summed E-state index contributed by atoms with van der Waals surface area (Å²) in [5.74, 6) is 1.04. The topological polar surface area (TPSA) is 42.9 Å². The Labute approximate surface area is 197 Å². The highest BCUT2D eigenvalue weighted by Gasteiger charge is 2.47. The lowest BCUT2D eigenvalue weighted by Crippen LogP contribution is -2.58. The Balaban J connectivity index is 1.63. The number of anilines is 2. The first-order valence-electron chi connectivity index (χ1n) is 11.5. The van der Waals surface area contributed by atoms with Gasteiger partial charge in [-0.2, -0.15) is 0 Å². The lowest BCUT2D eigenvalue weighted by molar-refractivity contribution is 0.0836. The first-order chi connectivity index (χ1) is 15.3. The smallest absolute Gasteiger partial charge is 0.127 e. The van der Waals surface area contributed by atoms with Crippen molar-refractivity contribution in [2.45, 2.75) is 37.8 Å². The molecule has 2 N–H and O–H groups in total. The summed E-state index contributed by atoms with van der Waals surface area (Å²) in [6.07, 6.45) is 4.42. The molecule has 1 fully saturated rings. The molecular formula is C26H36ClN5. The number of halogens is 1. The number of nitrogens with zero attached hydrogens (tertiary/aromatic N) is 3. The van der Waals surface area contributed by atoms with E-state index < -0.39 is 0 Å². The number of fused-ring (bicyclic) bond motifs is 1. The quantitative estimate of drug-likeness (QED) is 0.631. The number of hydrogen-bond donors (Lipinski definition) is 2. The molecule has 0 bridgehead atoms. The van der Waals surface area contributed by atoms with E-state index in [9.17, 15) is 0 Å². The molecule has 0 atom stereocenters. The lowest BCUT2D eigenvalue weighted by atomic mass is 9.65. The van der Waals surface area contributed by atoms with Crippen LogP contribution in [0.25, 0.3) is 0 Å². The first-order valence-corrected chi connectivity index (χ1v) is 11.9. The fourth-order valence-corrected chi connectivity index (χ4v) is 5.72. The van der Waals surface area contributed by atoms with E-state index in [-0.39, 0.29) is 5.54 Å². The predicted octanol–water partition coefficient (Wildman–Crippen LogP) is 5.20. The Hall–Kier alpha value is -2.08. The Morgan fingerprint density at radius 3 is 2.06 bits per heavy atom. The lowest BCUT2D eigenvalue weighted by Gasteiger charge is -2.51. The van der Waals surface area contributed by atoms with Gasteiger partial charge in [0.1, 0.15) is 5.84 Å². The number of benzene rings is 2. The van der Waals surface area contributed by atoms with E-state index in [0.717, 1.165) is 66.6 Å². The van der Waals surface area contributed by atoms with Gasteiger partial charge in [-0.05, 0) is 83.1 Å². The molecule has 6 heteroatoms. The molecule has 1 spiro atoms. The summed E-state index contributed by atoms with van der Waals surface area (Å²) in [6.45, 7) is 2.79. The van der Waals surface area contributed by atoms with Crippen molar-refractivity contribution in [3.05, 3.63) is 59.1 Å². The molecule has 5 nitrogen and oxygen atoms in total. The van der Waals surface area contributed by atoms with Gasteiger partial charge in [-0.15, -0.1) is 0 Å². The van der Waals surface area contributed by atoms with Crippen molar-refractivity contribution in [2.24, 2.45) is 10.4 Å². The zero-order chi connectivity index (χ0) is 22.8. The van der Waals surface area contributed by atoms with Gasteiger partial charge in [-0.25, -0.2) is 0 Å². The Morgan fingerprint density at radius 2 is 1.44 bits per heavy atom. The van der Waals surface area contributed by atoms with E-state index in [0.29, 0.717) is 12.0 Å². The summed E-state index contributed by atoms with van der Waals surface area (Å²) in [7, 11) is 8.76. The van der Waals surface area contributed by atoms with Crippen LogP contribution in [0.1, 0.15) is 31.2 Å². The predicted molar refractivity (Wildman–Crippen MR) is 137 cm³/mol. The molecule has 4 rings (SSSR count). The first kappa shape index (κ1) is 23.1. The van der Waals surface area contributed by atoms with Crippen LogP contribution in [0.15, 0.2) is 53.5 Å². The van der Waals surface area contributed by atoms with Gasteiger partial charge >= 0.3 is 0 Å². The average molecular weight is 454 g/mol. The van der Waals surface area contributed by atoms with Gasteiger partial charge in [-0.1, -0.05) is 41.9 Å². The molecule has 1 saturated carbocycles. The maximum Gasteiger partial charge on any atom is 0.127 e. The Morgan fingerprint density at radius 1 is 0.844 bits per heavy atom. The monoisotopic (exact) mass is 453 g/mol. The van der Waals surface area contributed by atoms with Crippen LogP contribution in [-0.2, 0) is 6.54 Å². The van der Waals surface area contributed by atoms with Crippen molar-refractivity contribution >= 4 is 28.8 Å². The summed E-state index contributed by atoms with van der Waals surface area (Å²) < 4.78 is 0. The van der Waals surface area contributed by atoms with Crippen LogP contribution in [0.5, 0.6) is 0 Å². The molecule has 2 aromatic carbocycles. The van der Waals surface area contributed by atoms with E-state index in [1.54, 1.807) is 0 Å². The number of amidine groups is 1. The summed E-state index contributed by atoms with van der Waals surface area (Å²) in [4.78, 5) is 9.78. The van der Waals surface area contributed by atoms with E-state index in [1.807, 2.05) is 18.2 Å². The Kier molecular flexibility index (Phi) is 6.80. The molecule has 0 aromatic heterocycles. The second kappa shape index (κ2) is 9.42. The van der Waals surface area contributed by atoms with E-state index in [2.05, 4.69) is 79.0 Å². The SMILES string of the molecule is CN(C)CC1(CN(C)C)CCC2(CC1)Nc1ccccc1NC2=NCc1ccccc1Cl. The molecule has 0 radical (unpaired) electrons. The number of rotatable bonds is 6. The maximum absolute atomic E-state index is 6.42. The largest absolute Gasteiger partial charge is 0.371 e. The molecule has 1 heterocycles. The molecule has 2 aliphatic rings. The third kappa shape index (κ3) is 4.95. The molecular weight excluding hydrogens is 418 g/mol. The zero-order valence-corrected chi connectivity index (χ0v) is 20.5. The minimum Gasteiger partial charge on any atom is -0.371 e. The van der Waals surface area contributed by atoms with Crippen LogP contribution in [0, 0.1) is 5.41 Å². The fraction of sp³-hybridized carbons (Fsp3) is 0.500. The second-order valence-electron chi connectivity index (χ2n) is 10.1. The van der Waals surface area contributed by atoms with Crippen LogP contribution in [0.4, 0.5) is 11.4 Å². The van der Waals surface area contributed by atoms with Gasteiger partial charge in [0.05, 0.1) is 23.5 Å². The maximum atomic E-state index is 6.42. The average Bonchev–Trinajstić information content (AvgIpc) is 2.74. The van der Waals surface area contributed by atoms with Gasteiger partial charge in [0.2, 0.25) is 0 Å².